The van der Waals surface area contributed by atoms with Crippen LogP contribution in [0.2, 0.25) is 0 Å². The van der Waals surface area contributed by atoms with Crippen molar-refractivity contribution in [2.75, 3.05) is 0 Å². The highest BCUT2D eigenvalue weighted by molar-refractivity contribution is 7.09. The van der Waals surface area contributed by atoms with Gasteiger partial charge in [0, 0.05) is 35.4 Å². The fourth-order valence-corrected chi connectivity index (χ4v) is 3.33. The predicted octanol–water partition coefficient (Wildman–Crippen LogP) is 3.21. The normalized spacial score (nSPS) is 14.6. The van der Waals surface area contributed by atoms with Crippen LogP contribution in [0.3, 0.4) is 0 Å². The van der Waals surface area contributed by atoms with Gasteiger partial charge in [0.15, 0.2) is 0 Å². The Kier molecular flexibility index (Phi) is 4.06. The van der Waals surface area contributed by atoms with E-state index in [-0.39, 0.29) is 12.1 Å². The summed E-state index contributed by atoms with van der Waals surface area (Å²) in [5, 5.41) is 11.3. The second-order valence-corrected chi connectivity index (χ2v) is 6.03. The van der Waals surface area contributed by atoms with Crippen LogP contribution in [0, 0.1) is 20.8 Å². The van der Waals surface area contributed by atoms with Crippen molar-refractivity contribution in [2.45, 2.75) is 46.7 Å². The molecule has 2 aromatic rings. The molecule has 4 nitrogen and oxygen atoms in total. The van der Waals surface area contributed by atoms with Crippen molar-refractivity contribution in [3.63, 3.8) is 0 Å². The van der Waals surface area contributed by atoms with E-state index in [0.717, 1.165) is 16.4 Å². The van der Waals surface area contributed by atoms with Crippen LogP contribution in [0.15, 0.2) is 5.38 Å². The Balaban J connectivity index is 2.14. The first-order chi connectivity index (χ1) is 8.90. The average Bonchev–Trinajstić information content (AvgIpc) is 2.84. The van der Waals surface area contributed by atoms with E-state index < -0.39 is 0 Å². The molecule has 0 spiro atoms. The summed E-state index contributed by atoms with van der Waals surface area (Å²) in [6, 6.07) is 0.528. The lowest BCUT2D eigenvalue weighted by atomic mass is 10.1. The molecule has 2 atom stereocenters. The van der Waals surface area contributed by atoms with E-state index in [1.54, 1.807) is 11.3 Å². The van der Waals surface area contributed by atoms with Crippen molar-refractivity contribution in [3.05, 3.63) is 33.0 Å². The quantitative estimate of drug-likeness (QED) is 0.934. The minimum absolute atomic E-state index is 0.257. The fraction of sp³-hybridized carbons (Fsp3) is 0.571. The van der Waals surface area contributed by atoms with Crippen molar-refractivity contribution < 1.29 is 0 Å². The monoisotopic (exact) mass is 278 g/mol. The molecular formula is C14H22N4S. The molecule has 0 aliphatic heterocycles. The number of nitrogens with zero attached hydrogens (tertiary/aromatic N) is 3. The molecule has 0 saturated carbocycles. The lowest BCUT2D eigenvalue weighted by Gasteiger charge is -2.19. The van der Waals surface area contributed by atoms with Gasteiger partial charge in [-0.3, -0.25) is 4.68 Å². The first-order valence-electron chi connectivity index (χ1n) is 6.58. The number of nitrogens with one attached hydrogen (secondary N) is 1. The maximum atomic E-state index is 4.54. The van der Waals surface area contributed by atoms with Crippen molar-refractivity contribution in [2.24, 2.45) is 7.05 Å². The molecule has 0 amide bonds. The second-order valence-electron chi connectivity index (χ2n) is 5.15. The number of aryl methyl sites for hydroxylation is 3. The van der Waals surface area contributed by atoms with Gasteiger partial charge >= 0.3 is 0 Å². The molecule has 1 N–H and O–H groups in total. The molecule has 2 unspecified atom stereocenters. The van der Waals surface area contributed by atoms with Crippen LogP contribution in [-0.4, -0.2) is 14.8 Å². The Morgan fingerprint density at radius 1 is 1.21 bits per heavy atom. The summed E-state index contributed by atoms with van der Waals surface area (Å²) in [6.07, 6.45) is 0. The fourth-order valence-electron chi connectivity index (χ4n) is 2.52. The standard InChI is InChI=1S/C14H22N4S/c1-8-7-19-14(15-8)11(4)16-9(2)13-10(3)17-18(6)12(13)5/h7,9,11,16H,1-6H3. The summed E-state index contributed by atoms with van der Waals surface area (Å²) in [5.41, 5.74) is 4.71. The van der Waals surface area contributed by atoms with Crippen molar-refractivity contribution in [3.8, 4) is 0 Å². The summed E-state index contributed by atoms with van der Waals surface area (Å²) in [7, 11) is 1.99. The Hall–Kier alpha value is -1.20. The van der Waals surface area contributed by atoms with Gasteiger partial charge in [-0.05, 0) is 34.6 Å². The zero-order chi connectivity index (χ0) is 14.2. The Morgan fingerprint density at radius 2 is 1.89 bits per heavy atom. The third-order valence-electron chi connectivity index (χ3n) is 3.51. The van der Waals surface area contributed by atoms with E-state index >= 15 is 0 Å². The van der Waals surface area contributed by atoms with E-state index in [0.29, 0.717) is 0 Å². The minimum atomic E-state index is 0.257. The highest BCUT2D eigenvalue weighted by atomic mass is 32.1. The minimum Gasteiger partial charge on any atom is -0.301 e. The molecule has 19 heavy (non-hydrogen) atoms. The molecule has 5 heteroatoms. The van der Waals surface area contributed by atoms with E-state index in [9.17, 15) is 0 Å². The zero-order valence-electron chi connectivity index (χ0n) is 12.5. The van der Waals surface area contributed by atoms with Gasteiger partial charge in [-0.15, -0.1) is 11.3 Å². The van der Waals surface area contributed by atoms with Gasteiger partial charge in [-0.25, -0.2) is 4.98 Å². The molecule has 0 aromatic carbocycles. The maximum Gasteiger partial charge on any atom is 0.110 e. The zero-order valence-corrected chi connectivity index (χ0v) is 13.3. The van der Waals surface area contributed by atoms with Crippen LogP contribution in [0.5, 0.6) is 0 Å². The molecule has 0 saturated heterocycles. The van der Waals surface area contributed by atoms with E-state index in [1.807, 2.05) is 18.7 Å². The van der Waals surface area contributed by atoms with Crippen LogP contribution in [0.25, 0.3) is 0 Å². The first-order valence-corrected chi connectivity index (χ1v) is 7.46. The molecule has 2 aromatic heterocycles. The van der Waals surface area contributed by atoms with Gasteiger partial charge in [0.25, 0.3) is 0 Å². The SMILES string of the molecule is Cc1csc(C(C)NC(C)c2c(C)nn(C)c2C)n1. The molecule has 2 rings (SSSR count). The van der Waals surface area contributed by atoms with Gasteiger partial charge in [-0.2, -0.15) is 5.10 Å². The highest BCUT2D eigenvalue weighted by Crippen LogP contribution is 2.25. The Bertz CT molecular complexity index is 570. The second kappa shape index (κ2) is 5.43. The Labute approximate surface area is 118 Å². The molecule has 104 valence electrons. The summed E-state index contributed by atoms with van der Waals surface area (Å²) < 4.78 is 1.95. The highest BCUT2D eigenvalue weighted by Gasteiger charge is 2.19. The third-order valence-corrected chi connectivity index (χ3v) is 4.65. The summed E-state index contributed by atoms with van der Waals surface area (Å²) >= 11 is 1.71. The van der Waals surface area contributed by atoms with E-state index in [4.69, 9.17) is 0 Å². The van der Waals surface area contributed by atoms with Gasteiger partial charge in [0.05, 0.1) is 11.7 Å². The van der Waals surface area contributed by atoms with Gasteiger partial charge in [0.2, 0.25) is 0 Å². The number of aromatic nitrogens is 3. The third kappa shape index (κ3) is 2.87. The Morgan fingerprint density at radius 3 is 2.37 bits per heavy atom. The first kappa shape index (κ1) is 14.2. The molecule has 0 radical (unpaired) electrons. The lowest BCUT2D eigenvalue weighted by Crippen LogP contribution is -2.23. The molecule has 0 aliphatic carbocycles. The number of thiazole rings is 1. The number of rotatable bonds is 4. The maximum absolute atomic E-state index is 4.54. The van der Waals surface area contributed by atoms with Gasteiger partial charge < -0.3 is 5.32 Å². The average molecular weight is 278 g/mol. The van der Waals surface area contributed by atoms with E-state index in [2.05, 4.69) is 48.5 Å². The van der Waals surface area contributed by atoms with Crippen LogP contribution >= 0.6 is 11.3 Å². The summed E-state index contributed by atoms with van der Waals surface area (Å²) in [5.74, 6) is 0. The van der Waals surface area contributed by atoms with Crippen molar-refractivity contribution in [1.29, 1.82) is 0 Å². The molecule has 0 aliphatic rings. The van der Waals surface area contributed by atoms with Gasteiger partial charge in [-0.1, -0.05) is 0 Å². The van der Waals surface area contributed by atoms with Crippen LogP contribution < -0.4 is 5.32 Å². The number of hydrogen-bond donors (Lipinski definition) is 1. The largest absolute Gasteiger partial charge is 0.301 e. The van der Waals surface area contributed by atoms with Crippen molar-refractivity contribution in [1.82, 2.24) is 20.1 Å². The number of hydrogen-bond acceptors (Lipinski definition) is 4. The van der Waals surface area contributed by atoms with Crippen LogP contribution in [0.4, 0.5) is 0 Å². The predicted molar refractivity (Wildman–Crippen MR) is 79.5 cm³/mol. The molecule has 2 heterocycles. The summed E-state index contributed by atoms with van der Waals surface area (Å²) in [4.78, 5) is 4.54. The van der Waals surface area contributed by atoms with Crippen molar-refractivity contribution >= 4 is 11.3 Å². The lowest BCUT2D eigenvalue weighted by molar-refractivity contribution is 0.489. The van der Waals surface area contributed by atoms with Crippen LogP contribution in [0.1, 0.15) is 53.6 Å². The topological polar surface area (TPSA) is 42.7 Å². The van der Waals surface area contributed by atoms with E-state index in [1.165, 1.54) is 11.3 Å². The molecule has 0 bridgehead atoms. The smallest absolute Gasteiger partial charge is 0.110 e. The molecular weight excluding hydrogens is 256 g/mol. The molecule has 0 fully saturated rings. The summed E-state index contributed by atoms with van der Waals surface area (Å²) in [6.45, 7) is 10.6. The van der Waals surface area contributed by atoms with Gasteiger partial charge in [0.1, 0.15) is 5.01 Å². The van der Waals surface area contributed by atoms with Crippen LogP contribution in [-0.2, 0) is 7.05 Å².